The number of halogens is 2. The van der Waals surface area contributed by atoms with E-state index in [9.17, 15) is 9.59 Å². The normalized spacial score (nSPS) is 11.8. The summed E-state index contributed by atoms with van der Waals surface area (Å²) in [5.74, 6) is 0.648. The Balaban J connectivity index is 2.12. The van der Waals surface area contributed by atoms with Crippen molar-refractivity contribution >= 4 is 54.9 Å². The Kier molecular flexibility index (Phi) is 7.04. The van der Waals surface area contributed by atoms with Crippen molar-refractivity contribution in [3.05, 3.63) is 61.0 Å². The van der Waals surface area contributed by atoms with Gasteiger partial charge in [-0.2, -0.15) is 9.78 Å². The second-order valence-corrected chi connectivity index (χ2v) is 9.77. The number of carbonyl (C=O) groups excluding carboxylic acids is 1. The molecule has 0 spiro atoms. The van der Waals surface area contributed by atoms with E-state index in [0.717, 1.165) is 4.47 Å². The van der Waals surface area contributed by atoms with Gasteiger partial charge in [0.1, 0.15) is 5.82 Å². The van der Waals surface area contributed by atoms with E-state index in [-0.39, 0.29) is 12.2 Å². The Morgan fingerprint density at radius 3 is 2.59 bits per heavy atom. The quantitative estimate of drug-likeness (QED) is 0.455. The molecule has 32 heavy (non-hydrogen) atoms. The van der Waals surface area contributed by atoms with Crippen LogP contribution in [0.1, 0.15) is 32.2 Å². The van der Waals surface area contributed by atoms with Crippen molar-refractivity contribution in [1.82, 2.24) is 9.66 Å². The van der Waals surface area contributed by atoms with Crippen molar-refractivity contribution in [3.8, 4) is 11.5 Å². The summed E-state index contributed by atoms with van der Waals surface area (Å²) >= 11 is 6.81. The summed E-state index contributed by atoms with van der Waals surface area (Å²) in [6.45, 7) is 5.62. The van der Waals surface area contributed by atoms with E-state index < -0.39 is 11.3 Å². The number of hydrogen-bond donors (Lipinski definition) is 1. The number of carbonyl (C=O) groups is 1. The van der Waals surface area contributed by atoms with Crippen LogP contribution in [0.3, 0.4) is 0 Å². The number of hydrogen-bond acceptors (Lipinski definition) is 6. The second-order valence-electron chi connectivity index (χ2n) is 8.00. The van der Waals surface area contributed by atoms with E-state index in [1.165, 1.54) is 18.0 Å². The van der Waals surface area contributed by atoms with E-state index in [1.807, 2.05) is 26.8 Å². The van der Waals surface area contributed by atoms with Gasteiger partial charge in [-0.05, 0) is 51.8 Å². The van der Waals surface area contributed by atoms with Crippen molar-refractivity contribution in [1.29, 1.82) is 0 Å². The predicted octanol–water partition coefficient (Wildman–Crippen LogP) is 3.97. The molecule has 1 amide bonds. The highest BCUT2D eigenvalue weighted by Crippen LogP contribution is 2.36. The van der Waals surface area contributed by atoms with Crippen molar-refractivity contribution in [2.75, 3.05) is 13.7 Å². The molecule has 3 rings (SSSR count). The molecular formula is C22H22Br2N4O4. The van der Waals surface area contributed by atoms with Gasteiger partial charge in [-0.1, -0.05) is 36.7 Å². The third-order valence-corrected chi connectivity index (χ3v) is 5.49. The third-order valence-electron chi connectivity index (χ3n) is 4.41. The Morgan fingerprint density at radius 2 is 1.97 bits per heavy atom. The molecular weight excluding hydrogens is 544 g/mol. The SMILES string of the molecule is COc1cc(C=Nn2c(C(C)(C)C)nc3ccc(Br)cc3c2=O)cc(Br)c1OCC(N)=O. The smallest absolute Gasteiger partial charge is 0.282 e. The zero-order chi connectivity index (χ0) is 23.6. The first-order valence-corrected chi connectivity index (χ1v) is 11.2. The number of rotatable bonds is 6. The molecule has 0 saturated heterocycles. The lowest BCUT2D eigenvalue weighted by Gasteiger charge is -2.21. The standard InChI is InChI=1S/C22H22Br2N4O4/c1-22(2,3)21-27-16-6-5-13(23)9-14(16)20(30)28(21)26-10-12-7-15(24)19(17(8-12)31-4)32-11-18(25)29/h5-10H,11H2,1-4H3,(H2,25,29). The van der Waals surface area contributed by atoms with Crippen LogP contribution >= 0.6 is 31.9 Å². The fourth-order valence-corrected chi connectivity index (χ4v) is 3.90. The maximum atomic E-state index is 13.3. The molecule has 0 saturated carbocycles. The number of primary amides is 1. The van der Waals surface area contributed by atoms with Gasteiger partial charge in [0.25, 0.3) is 11.5 Å². The van der Waals surface area contributed by atoms with Crippen molar-refractivity contribution in [2.24, 2.45) is 10.8 Å². The molecule has 0 fully saturated rings. The van der Waals surface area contributed by atoms with Crippen molar-refractivity contribution < 1.29 is 14.3 Å². The van der Waals surface area contributed by atoms with Gasteiger partial charge in [0.2, 0.25) is 0 Å². The van der Waals surface area contributed by atoms with Gasteiger partial charge >= 0.3 is 0 Å². The Labute approximate surface area is 201 Å². The molecule has 0 aliphatic heterocycles. The summed E-state index contributed by atoms with van der Waals surface area (Å²) < 4.78 is 13.4. The first-order valence-electron chi connectivity index (χ1n) is 9.57. The number of ether oxygens (including phenoxy) is 2. The van der Waals surface area contributed by atoms with E-state index in [2.05, 4.69) is 37.0 Å². The minimum atomic E-state index is -0.603. The molecule has 0 unspecified atom stereocenters. The highest BCUT2D eigenvalue weighted by atomic mass is 79.9. The van der Waals surface area contributed by atoms with Crippen LogP contribution in [-0.2, 0) is 10.2 Å². The van der Waals surface area contributed by atoms with Gasteiger partial charge in [-0.25, -0.2) is 4.98 Å². The number of fused-ring (bicyclic) bond motifs is 1. The first-order chi connectivity index (χ1) is 15.0. The van der Waals surface area contributed by atoms with Crippen LogP contribution in [0, 0.1) is 0 Å². The van der Waals surface area contributed by atoms with Gasteiger partial charge in [-0.3, -0.25) is 9.59 Å². The monoisotopic (exact) mass is 564 g/mol. The van der Waals surface area contributed by atoms with E-state index in [4.69, 9.17) is 20.2 Å². The largest absolute Gasteiger partial charge is 0.493 e. The molecule has 3 aromatic rings. The molecule has 1 aromatic heterocycles. The summed E-state index contributed by atoms with van der Waals surface area (Å²) in [7, 11) is 1.48. The maximum Gasteiger partial charge on any atom is 0.282 e. The van der Waals surface area contributed by atoms with Gasteiger partial charge in [0.05, 0.1) is 28.7 Å². The molecule has 0 atom stereocenters. The van der Waals surface area contributed by atoms with Crippen molar-refractivity contribution in [2.45, 2.75) is 26.2 Å². The van der Waals surface area contributed by atoms with E-state index in [0.29, 0.717) is 38.3 Å². The number of benzene rings is 2. The van der Waals surface area contributed by atoms with Crippen LogP contribution in [0.2, 0.25) is 0 Å². The van der Waals surface area contributed by atoms with Gasteiger partial charge in [-0.15, -0.1) is 0 Å². The lowest BCUT2D eigenvalue weighted by molar-refractivity contribution is -0.119. The van der Waals surface area contributed by atoms with E-state index in [1.54, 1.807) is 24.3 Å². The maximum absolute atomic E-state index is 13.3. The number of nitrogens with two attached hydrogens (primary N) is 1. The molecule has 8 nitrogen and oxygen atoms in total. The summed E-state index contributed by atoms with van der Waals surface area (Å²) in [4.78, 5) is 29.0. The molecule has 2 N–H and O–H groups in total. The zero-order valence-corrected chi connectivity index (χ0v) is 21.2. The minimum Gasteiger partial charge on any atom is -0.493 e. The summed E-state index contributed by atoms with van der Waals surface area (Å²) in [5.41, 5.74) is 5.70. The lowest BCUT2D eigenvalue weighted by Crippen LogP contribution is -2.29. The molecule has 0 radical (unpaired) electrons. The Hall–Kier alpha value is -2.72. The number of methoxy groups -OCH3 is 1. The van der Waals surface area contributed by atoms with Gasteiger partial charge in [0.15, 0.2) is 18.1 Å². The topological polar surface area (TPSA) is 109 Å². The van der Waals surface area contributed by atoms with Crippen LogP contribution in [0.4, 0.5) is 0 Å². The number of aromatic nitrogens is 2. The highest BCUT2D eigenvalue weighted by molar-refractivity contribution is 9.10. The molecule has 0 aliphatic carbocycles. The number of amides is 1. The molecule has 1 heterocycles. The van der Waals surface area contributed by atoms with Crippen LogP contribution in [-0.4, -0.2) is 35.5 Å². The van der Waals surface area contributed by atoms with Crippen LogP contribution in [0.25, 0.3) is 10.9 Å². The molecule has 0 bridgehead atoms. The average molecular weight is 566 g/mol. The van der Waals surface area contributed by atoms with Crippen LogP contribution in [0.15, 0.2) is 49.2 Å². The summed E-state index contributed by atoms with van der Waals surface area (Å²) in [5, 5.41) is 4.91. The van der Waals surface area contributed by atoms with Crippen LogP contribution < -0.4 is 20.8 Å². The fraction of sp³-hybridized carbons (Fsp3) is 0.273. The predicted molar refractivity (Wildman–Crippen MR) is 131 cm³/mol. The van der Waals surface area contributed by atoms with Crippen LogP contribution in [0.5, 0.6) is 11.5 Å². The van der Waals surface area contributed by atoms with Gasteiger partial charge in [0, 0.05) is 9.89 Å². The van der Waals surface area contributed by atoms with Crippen molar-refractivity contribution in [3.63, 3.8) is 0 Å². The second kappa shape index (κ2) is 9.41. The average Bonchev–Trinajstić information content (AvgIpc) is 2.71. The lowest BCUT2D eigenvalue weighted by atomic mass is 9.95. The highest BCUT2D eigenvalue weighted by Gasteiger charge is 2.23. The van der Waals surface area contributed by atoms with E-state index >= 15 is 0 Å². The zero-order valence-electron chi connectivity index (χ0n) is 18.0. The number of nitrogens with zero attached hydrogens (tertiary/aromatic N) is 3. The third kappa shape index (κ3) is 5.18. The minimum absolute atomic E-state index is 0.273. The Morgan fingerprint density at radius 1 is 1.25 bits per heavy atom. The Bertz CT molecular complexity index is 1280. The molecule has 168 valence electrons. The summed E-state index contributed by atoms with van der Waals surface area (Å²) in [6, 6.07) is 8.79. The van der Waals surface area contributed by atoms with Gasteiger partial charge < -0.3 is 15.2 Å². The fourth-order valence-electron chi connectivity index (χ4n) is 2.96. The molecule has 2 aromatic carbocycles. The molecule has 10 heteroatoms. The first kappa shape index (κ1) is 23.9. The summed E-state index contributed by atoms with van der Waals surface area (Å²) in [6.07, 6.45) is 1.54. The molecule has 0 aliphatic rings.